The molecule has 0 saturated carbocycles. The Morgan fingerprint density at radius 1 is 1.11 bits per heavy atom. The number of nitrogens with zero attached hydrogens (tertiary/aromatic N) is 6. The molecular weight excluding hydrogens is 621 g/mol. The van der Waals surface area contributed by atoms with Gasteiger partial charge in [0.15, 0.2) is 5.65 Å². The van der Waals surface area contributed by atoms with Crippen molar-refractivity contribution in [2.24, 2.45) is 5.92 Å². The van der Waals surface area contributed by atoms with Crippen molar-refractivity contribution in [2.45, 2.75) is 76.5 Å². The van der Waals surface area contributed by atoms with Crippen LogP contribution < -0.4 is 4.90 Å². The quantitative estimate of drug-likeness (QED) is 0.290. The molecule has 0 spiro atoms. The number of fused-ring (bicyclic) bond motifs is 4. The molecule has 0 radical (unpaired) electrons. The van der Waals surface area contributed by atoms with E-state index in [-0.39, 0.29) is 35.4 Å². The number of rotatable bonds is 6. The average molecular weight is 657 g/mol. The summed E-state index contributed by atoms with van der Waals surface area (Å²) in [5.74, 6) is -3.51. The molecule has 14 heteroatoms. The van der Waals surface area contributed by atoms with Crippen molar-refractivity contribution in [1.29, 1.82) is 0 Å². The second-order valence-electron chi connectivity index (χ2n) is 12.3. The summed E-state index contributed by atoms with van der Waals surface area (Å²) in [6.07, 6.45) is -0.346. The Morgan fingerprint density at radius 2 is 1.87 bits per heavy atom. The summed E-state index contributed by atoms with van der Waals surface area (Å²) in [6.45, 7) is 7.60. The molecule has 2 aliphatic rings. The molecular formula is C32H35F3N6O4S. The van der Waals surface area contributed by atoms with Gasteiger partial charge in [-0.1, -0.05) is 25.1 Å². The summed E-state index contributed by atoms with van der Waals surface area (Å²) >= 11 is 0. The zero-order valence-electron chi connectivity index (χ0n) is 25.9. The molecule has 0 aliphatic carbocycles. The second kappa shape index (κ2) is 11.6. The van der Waals surface area contributed by atoms with E-state index in [1.165, 1.54) is 11.2 Å². The predicted octanol–water partition coefficient (Wildman–Crippen LogP) is 5.48. The van der Waals surface area contributed by atoms with Crippen LogP contribution in [0.5, 0.6) is 0 Å². The molecule has 5 heterocycles. The van der Waals surface area contributed by atoms with Crippen LogP contribution in [0.25, 0.3) is 5.65 Å². The van der Waals surface area contributed by atoms with Crippen LogP contribution in [0, 0.1) is 26.7 Å². The summed E-state index contributed by atoms with van der Waals surface area (Å²) in [7, 11) is -3.93. The lowest BCUT2D eigenvalue weighted by Crippen LogP contribution is -2.45. The molecule has 2 aliphatic heterocycles. The first kappa shape index (κ1) is 31.9. The van der Waals surface area contributed by atoms with E-state index in [0.717, 1.165) is 35.8 Å². The number of hydrogen-bond acceptors (Lipinski definition) is 7. The van der Waals surface area contributed by atoms with E-state index in [2.05, 4.69) is 20.1 Å². The third kappa shape index (κ3) is 5.40. The van der Waals surface area contributed by atoms with Crippen molar-refractivity contribution in [3.05, 3.63) is 81.9 Å². The maximum Gasteiger partial charge on any atom is 0.452 e. The van der Waals surface area contributed by atoms with Crippen molar-refractivity contribution in [2.75, 3.05) is 18.0 Å². The summed E-state index contributed by atoms with van der Waals surface area (Å²) in [5, 5.41) is 17.4. The summed E-state index contributed by atoms with van der Waals surface area (Å²) in [5.41, 5.74) is 3.23. The fourth-order valence-electron chi connectivity index (χ4n) is 6.91. The maximum absolute atomic E-state index is 14.1. The van der Waals surface area contributed by atoms with Crippen molar-refractivity contribution >= 4 is 27.5 Å². The number of sulfonamides is 1. The van der Waals surface area contributed by atoms with Gasteiger partial charge in [-0.25, -0.2) is 13.4 Å². The first-order chi connectivity index (χ1) is 21.7. The van der Waals surface area contributed by atoms with Crippen molar-refractivity contribution in [3.63, 3.8) is 0 Å². The van der Waals surface area contributed by atoms with Crippen molar-refractivity contribution in [1.82, 2.24) is 23.9 Å². The van der Waals surface area contributed by atoms with Gasteiger partial charge >= 0.3 is 12.1 Å². The van der Waals surface area contributed by atoms with Crippen LogP contribution in [-0.4, -0.2) is 62.5 Å². The Balaban J connectivity index is 1.44. The Hall–Kier alpha value is -4.04. The van der Waals surface area contributed by atoms with E-state index in [9.17, 15) is 31.5 Å². The molecule has 3 atom stereocenters. The van der Waals surface area contributed by atoms with Crippen LogP contribution in [0.4, 0.5) is 19.0 Å². The standard InChI is InChI=1S/C32H35F3N6O4S/c1-18-10-11-22(27(21(4)30(42)43)25-14-19(2)41-28(20(25)3)37-38-31(41)32(33,34)35)15-23(18)16-39-17-24-8-5-6-13-40(24)29-26(46(39,44)45)9-7-12-36-29/h7,9-12,14-15,21,24,27H,5-6,8,13,16-17H2,1-4H3,(H,42,43)/t21?,24-,27+/m0/s1. The number of aryl methyl sites for hydroxylation is 3. The Kier molecular flexibility index (Phi) is 8.08. The number of pyridine rings is 2. The van der Waals surface area contributed by atoms with Crippen LogP contribution in [-0.2, 0) is 27.5 Å². The van der Waals surface area contributed by atoms with Gasteiger partial charge in [0.2, 0.25) is 15.8 Å². The first-order valence-corrected chi connectivity index (χ1v) is 16.6. The number of anilines is 1. The van der Waals surface area contributed by atoms with Crippen molar-refractivity contribution in [3.8, 4) is 0 Å². The summed E-state index contributed by atoms with van der Waals surface area (Å²) < 4.78 is 71.7. The van der Waals surface area contributed by atoms with Crippen LogP contribution >= 0.6 is 0 Å². The number of carboxylic acid groups (broad SMARTS) is 1. The lowest BCUT2D eigenvalue weighted by Gasteiger charge is -2.36. The van der Waals surface area contributed by atoms with Gasteiger partial charge in [-0.2, -0.15) is 17.5 Å². The third-order valence-corrected chi connectivity index (χ3v) is 11.2. The highest BCUT2D eigenvalue weighted by molar-refractivity contribution is 7.89. The highest BCUT2D eigenvalue weighted by Crippen LogP contribution is 2.40. The zero-order chi connectivity index (χ0) is 33.1. The molecule has 1 N–H and O–H groups in total. The molecule has 1 fully saturated rings. The normalized spacial score (nSPS) is 19.7. The maximum atomic E-state index is 14.1. The molecule has 3 aromatic heterocycles. The van der Waals surface area contributed by atoms with Crippen molar-refractivity contribution < 1.29 is 31.5 Å². The van der Waals surface area contributed by atoms with E-state index < -0.39 is 39.8 Å². The van der Waals surface area contributed by atoms with Crippen LogP contribution in [0.1, 0.15) is 71.4 Å². The van der Waals surface area contributed by atoms with Gasteiger partial charge < -0.3 is 10.0 Å². The Morgan fingerprint density at radius 3 is 2.59 bits per heavy atom. The fourth-order valence-corrected chi connectivity index (χ4v) is 8.52. The lowest BCUT2D eigenvalue weighted by molar-refractivity contribution is -0.145. The van der Waals surface area contributed by atoms with Crippen LogP contribution in [0.15, 0.2) is 47.5 Å². The Bertz CT molecular complexity index is 1940. The molecule has 0 amide bonds. The number of piperidine rings is 1. The number of carbonyl (C=O) groups is 1. The first-order valence-electron chi connectivity index (χ1n) is 15.2. The van der Waals surface area contributed by atoms with Gasteiger partial charge in [-0.05, 0) is 86.1 Å². The number of alkyl halides is 3. The number of benzene rings is 1. The minimum Gasteiger partial charge on any atom is -0.481 e. The highest BCUT2D eigenvalue weighted by Gasteiger charge is 2.40. The van der Waals surface area contributed by atoms with E-state index >= 15 is 0 Å². The minimum atomic E-state index is -4.73. The molecule has 6 rings (SSSR count). The average Bonchev–Trinajstić information content (AvgIpc) is 3.45. The lowest BCUT2D eigenvalue weighted by atomic mass is 9.79. The predicted molar refractivity (Wildman–Crippen MR) is 164 cm³/mol. The smallest absolute Gasteiger partial charge is 0.452 e. The molecule has 244 valence electrons. The largest absolute Gasteiger partial charge is 0.481 e. The highest BCUT2D eigenvalue weighted by atomic mass is 32.2. The van der Waals surface area contributed by atoms with Gasteiger partial charge in [0, 0.05) is 43.5 Å². The van der Waals surface area contributed by atoms with Crippen LogP contribution in [0.2, 0.25) is 0 Å². The van der Waals surface area contributed by atoms with Gasteiger partial charge in [0.25, 0.3) is 0 Å². The summed E-state index contributed by atoms with van der Waals surface area (Å²) in [6, 6.07) is 10.2. The molecule has 4 aromatic rings. The number of halogens is 3. The third-order valence-electron chi connectivity index (χ3n) is 9.39. The van der Waals surface area contributed by atoms with E-state index in [1.54, 1.807) is 44.3 Å². The monoisotopic (exact) mass is 656 g/mol. The molecule has 46 heavy (non-hydrogen) atoms. The van der Waals surface area contributed by atoms with Gasteiger partial charge in [-0.15, -0.1) is 10.2 Å². The molecule has 1 aromatic carbocycles. The van der Waals surface area contributed by atoms with Gasteiger partial charge in [0.05, 0.1) is 5.92 Å². The molecule has 1 unspecified atom stereocenters. The topological polar surface area (TPSA) is 121 Å². The van der Waals surface area contributed by atoms with E-state index in [0.29, 0.717) is 28.1 Å². The SMILES string of the molecule is Cc1ccc([C@H](c2cc(C)n3c(C(F)(F)F)nnc3c2C)C(C)C(=O)O)cc1CN1C[C@@H]2CCCCN2c2ncccc2S1(=O)=O. The number of carboxylic acids is 1. The minimum absolute atomic E-state index is 0.00257. The summed E-state index contributed by atoms with van der Waals surface area (Å²) in [4.78, 5) is 19.2. The molecule has 10 nitrogen and oxygen atoms in total. The molecule has 1 saturated heterocycles. The van der Waals surface area contributed by atoms with E-state index in [1.807, 2.05) is 19.1 Å². The fraction of sp³-hybridized carbons (Fsp3) is 0.438. The second-order valence-corrected chi connectivity index (χ2v) is 14.2. The zero-order valence-corrected chi connectivity index (χ0v) is 26.7. The number of aliphatic carboxylic acids is 1. The van der Waals surface area contributed by atoms with Crippen LogP contribution in [0.3, 0.4) is 0 Å². The number of aromatic nitrogens is 4. The number of hydrogen-bond donors (Lipinski definition) is 1. The molecule has 0 bridgehead atoms. The van der Waals surface area contributed by atoms with Gasteiger partial charge in [-0.3, -0.25) is 9.20 Å². The van der Waals surface area contributed by atoms with Gasteiger partial charge in [0.1, 0.15) is 10.7 Å². The van der Waals surface area contributed by atoms with E-state index in [4.69, 9.17) is 0 Å². The Labute approximate surface area is 264 Å².